The largest absolute Gasteiger partial charge is 0.489 e. The summed E-state index contributed by atoms with van der Waals surface area (Å²) in [6, 6.07) is 22.7. The van der Waals surface area contributed by atoms with Crippen LogP contribution in [0.2, 0.25) is 0 Å². The molecule has 0 fully saturated rings. The van der Waals surface area contributed by atoms with Gasteiger partial charge >= 0.3 is 0 Å². The van der Waals surface area contributed by atoms with Crippen LogP contribution in [0.25, 0.3) is 43.1 Å². The zero-order valence-electron chi connectivity index (χ0n) is 72.3. The van der Waals surface area contributed by atoms with E-state index in [2.05, 4.69) is 41.5 Å². The Morgan fingerprint density at radius 1 is 0.202 bits per heavy atom. The maximum atomic E-state index is 15.6. The molecule has 628 valence electrons. The molecular weight excluding hydrogens is 1410 g/mol. The minimum absolute atomic E-state index is 0.376. The van der Waals surface area contributed by atoms with E-state index in [9.17, 15) is 0 Å². The van der Waals surface area contributed by atoms with Crippen LogP contribution in [0.1, 0.15) is 430 Å². The van der Waals surface area contributed by atoms with Gasteiger partial charge in [-0.05, 0) is 95.1 Å². The van der Waals surface area contributed by atoms with Crippen molar-refractivity contribution in [3.63, 3.8) is 0 Å². The molecule has 0 N–H and O–H groups in total. The molecule has 0 spiro atoms. The number of imide groups is 2. The summed E-state index contributed by atoms with van der Waals surface area (Å²) in [5.41, 5.74) is 2.39. The standard InChI is InChI=1S/C102H150N2O10/c1-7-13-19-25-31-37-43-49-55-69-109-89-75-79(76-90(110-70-56-50-44-38-32-26-20-14-8-2)97(89)113-73-59-53-47-41-35-29-23-17-11-5)103-99(105)85-65-61-81-83-63-67-87-96-88(68-64-84(94(83)96)82-62-66-86(100(103)106)95(85)93(81)82)102(108)104(101(87)107)80-77-91(111-71-57-51-45-39-33-27-21-15-9-3)98(114-74-60-54-48-42-36-30-24-18-12-6)92(78-80)112-72-58-52-46-40-34-28-22-16-10-4/h61-68,75-78H,7-60,69-74H2,1-6H3. The highest BCUT2D eigenvalue weighted by Crippen LogP contribution is 2.50. The summed E-state index contributed by atoms with van der Waals surface area (Å²) in [6.07, 6.45) is 64.2. The molecule has 0 aromatic heterocycles. The number of ether oxygens (including phenoxy) is 6. The summed E-state index contributed by atoms with van der Waals surface area (Å²) in [5.74, 6) is 1.26. The van der Waals surface area contributed by atoms with Gasteiger partial charge < -0.3 is 28.4 Å². The summed E-state index contributed by atoms with van der Waals surface area (Å²) in [5, 5.41) is 6.06. The van der Waals surface area contributed by atoms with E-state index in [-0.39, 0.29) is 0 Å². The first-order valence-electron chi connectivity index (χ1n) is 47.3. The van der Waals surface area contributed by atoms with Gasteiger partial charge in [0.05, 0.1) is 51.0 Å². The van der Waals surface area contributed by atoms with Crippen LogP contribution in [-0.2, 0) is 0 Å². The first-order chi connectivity index (χ1) is 56.2. The monoisotopic (exact) mass is 1560 g/mol. The van der Waals surface area contributed by atoms with Gasteiger partial charge in [0, 0.05) is 57.3 Å². The third kappa shape index (κ3) is 27.0. The third-order valence-corrected chi connectivity index (χ3v) is 24.2. The molecule has 0 aliphatic carbocycles. The lowest BCUT2D eigenvalue weighted by Gasteiger charge is -2.31. The molecule has 7 aromatic rings. The maximum absolute atomic E-state index is 15.6. The van der Waals surface area contributed by atoms with Gasteiger partial charge in [0.25, 0.3) is 23.6 Å². The van der Waals surface area contributed by atoms with Gasteiger partial charge in [-0.15, -0.1) is 0 Å². The van der Waals surface area contributed by atoms with Crippen molar-refractivity contribution in [2.45, 2.75) is 388 Å². The van der Waals surface area contributed by atoms with Gasteiger partial charge in [-0.3, -0.25) is 19.2 Å². The summed E-state index contributed by atoms with van der Waals surface area (Å²) < 4.78 is 40.8. The summed E-state index contributed by atoms with van der Waals surface area (Å²) >= 11 is 0. The number of carbonyl (C=O) groups excluding carboxylic acids is 4. The number of hydrogen-bond donors (Lipinski definition) is 0. The number of carbonyl (C=O) groups is 4. The zero-order valence-corrected chi connectivity index (χ0v) is 72.3. The van der Waals surface area contributed by atoms with Gasteiger partial charge in [0.1, 0.15) is 0 Å². The van der Waals surface area contributed by atoms with Gasteiger partial charge in [-0.1, -0.05) is 374 Å². The molecule has 4 amide bonds. The number of hydrogen-bond acceptors (Lipinski definition) is 10. The molecule has 0 saturated heterocycles. The van der Waals surface area contributed by atoms with E-state index < -0.39 is 23.6 Å². The van der Waals surface area contributed by atoms with Crippen molar-refractivity contribution in [2.75, 3.05) is 49.4 Å². The van der Waals surface area contributed by atoms with Crippen LogP contribution in [0.15, 0.2) is 72.8 Å². The highest BCUT2D eigenvalue weighted by Gasteiger charge is 2.40. The highest BCUT2D eigenvalue weighted by atomic mass is 16.5. The third-order valence-electron chi connectivity index (χ3n) is 24.2. The Balaban J connectivity index is 1.01. The fourth-order valence-corrected chi connectivity index (χ4v) is 17.4. The minimum Gasteiger partial charge on any atom is -0.489 e. The minimum atomic E-state index is -0.436. The number of fused-ring (bicyclic) bond motifs is 2. The molecule has 0 unspecified atom stereocenters. The Hall–Kier alpha value is -7.08. The topological polar surface area (TPSA) is 130 Å². The van der Waals surface area contributed by atoms with Gasteiger partial charge in [-0.2, -0.15) is 0 Å². The Kier molecular flexibility index (Phi) is 41.9. The molecule has 2 aliphatic rings. The van der Waals surface area contributed by atoms with Gasteiger partial charge in [-0.25, -0.2) is 9.80 Å². The van der Waals surface area contributed by atoms with E-state index >= 15 is 19.2 Å². The molecule has 2 aliphatic heterocycles. The van der Waals surface area contributed by atoms with E-state index in [1.165, 1.54) is 254 Å². The van der Waals surface area contributed by atoms with E-state index in [0.29, 0.717) is 119 Å². The number of benzene rings is 7. The Labute approximate surface area is 689 Å². The quantitative estimate of drug-likeness (QED) is 0.0157. The van der Waals surface area contributed by atoms with Crippen molar-refractivity contribution in [3.05, 3.63) is 95.1 Å². The molecule has 114 heavy (non-hydrogen) atoms. The number of anilines is 2. The Morgan fingerprint density at radius 3 is 0.553 bits per heavy atom. The molecule has 2 heterocycles. The van der Waals surface area contributed by atoms with Crippen molar-refractivity contribution >= 4 is 78.1 Å². The van der Waals surface area contributed by atoms with E-state index in [1.54, 1.807) is 0 Å². The van der Waals surface area contributed by atoms with Crippen LogP contribution >= 0.6 is 0 Å². The van der Waals surface area contributed by atoms with E-state index in [1.807, 2.05) is 72.8 Å². The van der Waals surface area contributed by atoms with Crippen LogP contribution in [0, 0.1) is 0 Å². The van der Waals surface area contributed by atoms with Crippen LogP contribution in [-0.4, -0.2) is 63.3 Å². The first kappa shape index (κ1) is 90.8. The van der Waals surface area contributed by atoms with Crippen molar-refractivity contribution in [1.29, 1.82) is 0 Å². The average molecular weight is 1560 g/mol. The fraction of sp³-hybridized carbons (Fsp3) is 0.647. The SMILES string of the molecule is CCCCCCCCCCCOc1cc(N2C(=O)c3ccc4c5ccc6c7c(ccc(c8ccc(c3c48)C2=O)c75)C(=O)N(c2cc(OCCCCCCCCCCC)c(OCCCCCCCCCCC)c(OCCCCCCCCCCC)c2)C6=O)cc(OCCCCCCCCCCC)c1OCCCCCCCCCCC. The normalized spacial score (nSPS) is 12.9. The summed E-state index contributed by atoms with van der Waals surface area (Å²) in [7, 11) is 0. The van der Waals surface area contributed by atoms with E-state index in [0.717, 1.165) is 135 Å². The number of amides is 4. The summed E-state index contributed by atoms with van der Waals surface area (Å²) in [6.45, 7) is 16.4. The van der Waals surface area contributed by atoms with Crippen LogP contribution in [0.5, 0.6) is 34.5 Å². The second-order valence-electron chi connectivity index (χ2n) is 33.6. The molecule has 0 radical (unpaired) electrons. The predicted molar refractivity (Wildman–Crippen MR) is 479 cm³/mol. The number of nitrogens with zero attached hydrogens (tertiary/aromatic N) is 2. The zero-order chi connectivity index (χ0) is 80.2. The Morgan fingerprint density at radius 2 is 0.368 bits per heavy atom. The van der Waals surface area contributed by atoms with Crippen molar-refractivity contribution in [1.82, 2.24) is 0 Å². The summed E-state index contributed by atoms with van der Waals surface area (Å²) in [4.78, 5) is 65.2. The fourth-order valence-electron chi connectivity index (χ4n) is 17.4. The molecule has 12 nitrogen and oxygen atoms in total. The second kappa shape index (κ2) is 52.6. The highest BCUT2D eigenvalue weighted by molar-refractivity contribution is 6.45. The van der Waals surface area contributed by atoms with Crippen molar-refractivity contribution < 1.29 is 47.6 Å². The average Bonchev–Trinajstić information content (AvgIpc) is 0.689. The molecule has 12 heteroatoms. The van der Waals surface area contributed by atoms with Crippen LogP contribution in [0.3, 0.4) is 0 Å². The number of rotatable bonds is 68. The lowest BCUT2D eigenvalue weighted by Crippen LogP contribution is -2.40. The van der Waals surface area contributed by atoms with Gasteiger partial charge in [0.2, 0.25) is 11.5 Å². The van der Waals surface area contributed by atoms with Crippen molar-refractivity contribution in [3.8, 4) is 34.5 Å². The second-order valence-corrected chi connectivity index (χ2v) is 33.6. The predicted octanol–water partition coefficient (Wildman–Crippen LogP) is 30.8. The maximum Gasteiger partial charge on any atom is 0.265 e. The van der Waals surface area contributed by atoms with Crippen molar-refractivity contribution in [2.24, 2.45) is 0 Å². The number of unbranched alkanes of at least 4 members (excludes halogenated alkanes) is 48. The molecule has 0 atom stereocenters. The molecular formula is C102H150N2O10. The van der Waals surface area contributed by atoms with E-state index in [4.69, 9.17) is 28.4 Å². The first-order valence-corrected chi connectivity index (χ1v) is 47.3. The Bertz CT molecular complexity index is 3500. The molecule has 7 aromatic carbocycles. The molecule has 9 rings (SSSR count). The van der Waals surface area contributed by atoms with Crippen LogP contribution < -0.4 is 38.2 Å². The van der Waals surface area contributed by atoms with Gasteiger partial charge in [0.15, 0.2) is 23.0 Å². The molecule has 0 bridgehead atoms. The molecule has 0 saturated carbocycles. The van der Waals surface area contributed by atoms with Crippen LogP contribution in [0.4, 0.5) is 11.4 Å². The smallest absolute Gasteiger partial charge is 0.265 e. The lowest BCUT2D eigenvalue weighted by molar-refractivity contribution is 0.0877. The lowest BCUT2D eigenvalue weighted by atomic mass is 9.82.